The molecule has 1 aromatic carbocycles. The Morgan fingerprint density at radius 3 is 2.62 bits per heavy atom. The van der Waals surface area contributed by atoms with Crippen molar-refractivity contribution in [2.75, 3.05) is 6.54 Å². The number of hydrogen-bond donors (Lipinski definition) is 3. The summed E-state index contributed by atoms with van der Waals surface area (Å²) in [6, 6.07) is 13.1. The average Bonchev–Trinajstić information content (AvgIpc) is 3.04. The lowest BCUT2D eigenvalue weighted by atomic mass is 10.1. The first kappa shape index (κ1) is 15.9. The fraction of sp³-hybridized carbons (Fsp3) is 0.235. The number of rotatable bonds is 6. The van der Waals surface area contributed by atoms with Gasteiger partial charge in [0.05, 0.1) is 13.2 Å². The third-order valence-electron chi connectivity index (χ3n) is 3.70. The van der Waals surface area contributed by atoms with Crippen molar-refractivity contribution in [1.29, 1.82) is 0 Å². The Labute approximate surface area is 139 Å². The molecule has 24 heavy (non-hydrogen) atoms. The maximum atomic E-state index is 11.9. The van der Waals surface area contributed by atoms with Gasteiger partial charge in [-0.05, 0) is 29.7 Å². The third-order valence-corrected chi connectivity index (χ3v) is 3.70. The molecule has 0 unspecified atom stereocenters. The second-order valence-corrected chi connectivity index (χ2v) is 5.38. The van der Waals surface area contributed by atoms with Crippen molar-refractivity contribution in [2.45, 2.75) is 19.6 Å². The van der Waals surface area contributed by atoms with Crippen LogP contribution in [0.25, 0.3) is 5.65 Å². The molecule has 2 aromatic heterocycles. The normalized spacial score (nSPS) is 10.7. The van der Waals surface area contributed by atoms with E-state index in [1.807, 2.05) is 53.1 Å². The van der Waals surface area contributed by atoms with Crippen LogP contribution in [0.1, 0.15) is 17.0 Å². The Morgan fingerprint density at radius 2 is 1.83 bits per heavy atom. The van der Waals surface area contributed by atoms with E-state index in [4.69, 9.17) is 5.11 Å². The molecule has 0 atom stereocenters. The second kappa shape index (κ2) is 7.56. The molecular formula is C17H19N5O2. The number of aliphatic hydroxyl groups excluding tert-OH is 1. The summed E-state index contributed by atoms with van der Waals surface area (Å²) in [7, 11) is 0. The molecule has 0 saturated heterocycles. The van der Waals surface area contributed by atoms with Gasteiger partial charge in [-0.1, -0.05) is 30.3 Å². The minimum Gasteiger partial charge on any atom is -0.392 e. The van der Waals surface area contributed by atoms with Crippen LogP contribution in [0.15, 0.2) is 48.7 Å². The molecule has 3 N–H and O–H groups in total. The summed E-state index contributed by atoms with van der Waals surface area (Å²) in [5.41, 5.74) is 2.74. The van der Waals surface area contributed by atoms with E-state index >= 15 is 0 Å². The number of hydrogen-bond acceptors (Lipinski definition) is 4. The van der Waals surface area contributed by atoms with Crippen molar-refractivity contribution < 1.29 is 9.90 Å². The summed E-state index contributed by atoms with van der Waals surface area (Å²) < 4.78 is 1.84. The Balaban J connectivity index is 1.44. The Bertz CT molecular complexity index is 813. The molecule has 7 heteroatoms. The standard InChI is InChI=1S/C17H19N5O2/c23-12-14-6-4-13(5-7-14)8-9-18-17(24)19-11-16-21-20-15-3-1-2-10-22(15)16/h1-7,10,23H,8-9,11-12H2,(H2,18,19,24). The predicted molar refractivity (Wildman–Crippen MR) is 89.3 cm³/mol. The lowest BCUT2D eigenvalue weighted by Crippen LogP contribution is -2.36. The van der Waals surface area contributed by atoms with Crippen LogP contribution >= 0.6 is 0 Å². The molecule has 0 spiro atoms. The van der Waals surface area contributed by atoms with E-state index in [-0.39, 0.29) is 12.6 Å². The first-order valence-corrected chi connectivity index (χ1v) is 7.75. The van der Waals surface area contributed by atoms with Gasteiger partial charge >= 0.3 is 6.03 Å². The van der Waals surface area contributed by atoms with Crippen molar-refractivity contribution in [3.63, 3.8) is 0 Å². The van der Waals surface area contributed by atoms with E-state index < -0.39 is 0 Å². The van der Waals surface area contributed by atoms with Crippen LogP contribution in [0.3, 0.4) is 0 Å². The Kier molecular flexibility index (Phi) is 5.02. The van der Waals surface area contributed by atoms with Crippen LogP contribution in [-0.2, 0) is 19.6 Å². The van der Waals surface area contributed by atoms with Crippen LogP contribution in [-0.4, -0.2) is 32.3 Å². The lowest BCUT2D eigenvalue weighted by Gasteiger charge is -2.07. The fourth-order valence-electron chi connectivity index (χ4n) is 2.37. The van der Waals surface area contributed by atoms with Crippen molar-refractivity contribution in [2.24, 2.45) is 0 Å². The van der Waals surface area contributed by atoms with Crippen molar-refractivity contribution >= 4 is 11.7 Å². The molecule has 0 aliphatic rings. The molecular weight excluding hydrogens is 306 g/mol. The molecule has 2 heterocycles. The number of aromatic nitrogens is 3. The highest BCUT2D eigenvalue weighted by atomic mass is 16.3. The molecule has 0 radical (unpaired) electrons. The monoisotopic (exact) mass is 325 g/mol. The summed E-state index contributed by atoms with van der Waals surface area (Å²) in [5.74, 6) is 0.681. The van der Waals surface area contributed by atoms with Gasteiger partial charge in [0, 0.05) is 12.7 Å². The first-order valence-electron chi connectivity index (χ1n) is 7.75. The van der Waals surface area contributed by atoms with Crippen molar-refractivity contribution in [3.05, 3.63) is 65.6 Å². The number of fused-ring (bicyclic) bond motifs is 1. The smallest absolute Gasteiger partial charge is 0.315 e. The summed E-state index contributed by atoms with van der Waals surface area (Å²) in [6.45, 7) is 0.880. The summed E-state index contributed by atoms with van der Waals surface area (Å²) in [5, 5.41) is 22.7. The number of pyridine rings is 1. The van der Waals surface area contributed by atoms with Gasteiger partial charge in [-0.2, -0.15) is 0 Å². The SMILES string of the molecule is O=C(NCCc1ccc(CO)cc1)NCc1nnc2ccccn12. The molecule has 0 aliphatic heterocycles. The Morgan fingerprint density at radius 1 is 1.04 bits per heavy atom. The summed E-state index contributed by atoms with van der Waals surface area (Å²) >= 11 is 0. The minimum atomic E-state index is -0.241. The highest BCUT2D eigenvalue weighted by Gasteiger charge is 2.06. The van der Waals surface area contributed by atoms with Gasteiger partial charge in [-0.25, -0.2) is 4.79 Å². The highest BCUT2D eigenvalue weighted by Crippen LogP contribution is 2.05. The van der Waals surface area contributed by atoms with E-state index in [9.17, 15) is 4.79 Å². The lowest BCUT2D eigenvalue weighted by molar-refractivity contribution is 0.240. The second-order valence-electron chi connectivity index (χ2n) is 5.38. The van der Waals surface area contributed by atoms with E-state index in [2.05, 4.69) is 20.8 Å². The number of benzene rings is 1. The number of nitrogens with zero attached hydrogens (tertiary/aromatic N) is 3. The molecule has 124 valence electrons. The molecule has 7 nitrogen and oxygen atoms in total. The number of urea groups is 1. The van der Waals surface area contributed by atoms with Gasteiger partial charge < -0.3 is 15.7 Å². The zero-order valence-electron chi connectivity index (χ0n) is 13.1. The molecule has 0 fully saturated rings. The van der Waals surface area contributed by atoms with Gasteiger partial charge in [0.1, 0.15) is 0 Å². The molecule has 0 saturated carbocycles. The predicted octanol–water partition coefficient (Wildman–Crippen LogP) is 1.26. The Hall–Kier alpha value is -2.93. The van der Waals surface area contributed by atoms with E-state index in [1.165, 1.54) is 0 Å². The van der Waals surface area contributed by atoms with Gasteiger partial charge in [0.25, 0.3) is 0 Å². The molecule has 2 amide bonds. The van der Waals surface area contributed by atoms with Crippen LogP contribution in [0.2, 0.25) is 0 Å². The summed E-state index contributed by atoms with van der Waals surface area (Å²) in [4.78, 5) is 11.9. The first-order chi connectivity index (χ1) is 11.8. The number of carbonyl (C=O) groups excluding carboxylic acids is 1. The maximum Gasteiger partial charge on any atom is 0.315 e. The zero-order chi connectivity index (χ0) is 16.8. The van der Waals surface area contributed by atoms with Gasteiger partial charge in [0.15, 0.2) is 11.5 Å². The van der Waals surface area contributed by atoms with Gasteiger partial charge in [-0.15, -0.1) is 10.2 Å². The number of amides is 2. The average molecular weight is 325 g/mol. The third kappa shape index (κ3) is 3.88. The minimum absolute atomic E-state index is 0.0399. The van der Waals surface area contributed by atoms with Gasteiger partial charge in [0.2, 0.25) is 0 Å². The van der Waals surface area contributed by atoms with Crippen LogP contribution in [0, 0.1) is 0 Å². The molecule has 3 rings (SSSR count). The topological polar surface area (TPSA) is 91.5 Å². The summed E-state index contributed by atoms with van der Waals surface area (Å²) in [6.07, 6.45) is 2.59. The van der Waals surface area contributed by atoms with Crippen molar-refractivity contribution in [1.82, 2.24) is 25.2 Å². The molecule has 3 aromatic rings. The fourth-order valence-corrected chi connectivity index (χ4v) is 2.37. The maximum absolute atomic E-state index is 11.9. The molecule has 0 aliphatic carbocycles. The van der Waals surface area contributed by atoms with Gasteiger partial charge in [-0.3, -0.25) is 4.40 Å². The van der Waals surface area contributed by atoms with E-state index in [1.54, 1.807) is 0 Å². The van der Waals surface area contributed by atoms with Crippen LogP contribution in [0.4, 0.5) is 4.79 Å². The van der Waals surface area contributed by atoms with E-state index in [0.717, 1.165) is 23.2 Å². The van der Waals surface area contributed by atoms with Crippen molar-refractivity contribution in [3.8, 4) is 0 Å². The number of aliphatic hydroxyl groups is 1. The van der Waals surface area contributed by atoms with Crippen LogP contribution in [0.5, 0.6) is 0 Å². The molecule has 0 bridgehead atoms. The highest BCUT2D eigenvalue weighted by molar-refractivity contribution is 5.73. The van der Waals surface area contributed by atoms with Crippen LogP contribution < -0.4 is 10.6 Å². The number of nitrogens with one attached hydrogen (secondary N) is 2. The van der Waals surface area contributed by atoms with E-state index in [0.29, 0.717) is 18.9 Å². The largest absolute Gasteiger partial charge is 0.392 e. The number of carbonyl (C=O) groups is 1. The zero-order valence-corrected chi connectivity index (χ0v) is 13.1. The quantitative estimate of drug-likeness (QED) is 0.636.